The third-order valence-corrected chi connectivity index (χ3v) is 2.12. The van der Waals surface area contributed by atoms with Crippen molar-refractivity contribution in [3.05, 3.63) is 34.6 Å². The summed E-state index contributed by atoms with van der Waals surface area (Å²) < 4.78 is 17.9. The van der Waals surface area contributed by atoms with Gasteiger partial charge >= 0.3 is 0 Å². The summed E-state index contributed by atoms with van der Waals surface area (Å²) >= 11 is 5.58. The second-order valence-electron chi connectivity index (χ2n) is 3.15. The lowest BCUT2D eigenvalue weighted by molar-refractivity contribution is 0.0329. The van der Waals surface area contributed by atoms with Crippen molar-refractivity contribution < 1.29 is 14.2 Å². The molecule has 0 aliphatic heterocycles. The Morgan fingerprint density at radius 2 is 2.27 bits per heavy atom. The predicted molar refractivity (Wildman–Crippen MR) is 56.1 cm³/mol. The molecule has 0 heterocycles. The lowest BCUT2D eigenvalue weighted by atomic mass is 10.2. The van der Waals surface area contributed by atoms with E-state index in [0.29, 0.717) is 0 Å². The van der Waals surface area contributed by atoms with Crippen LogP contribution in [-0.4, -0.2) is 24.4 Å². The van der Waals surface area contributed by atoms with Crippen molar-refractivity contribution in [1.29, 1.82) is 0 Å². The van der Waals surface area contributed by atoms with Crippen LogP contribution >= 0.6 is 11.6 Å². The van der Waals surface area contributed by atoms with Crippen LogP contribution in [0.15, 0.2) is 18.2 Å². The molecular formula is C10H13ClFNO2. The van der Waals surface area contributed by atoms with Crippen LogP contribution in [0.3, 0.4) is 0 Å². The number of halogens is 2. The molecule has 0 unspecified atom stereocenters. The minimum absolute atomic E-state index is 0.0653. The van der Waals surface area contributed by atoms with Gasteiger partial charge in [0.05, 0.1) is 24.3 Å². The lowest BCUT2D eigenvalue weighted by Crippen LogP contribution is -2.24. The van der Waals surface area contributed by atoms with Crippen LogP contribution in [0.5, 0.6) is 0 Å². The number of hydrogen-bond donors (Lipinski definition) is 2. The summed E-state index contributed by atoms with van der Waals surface area (Å²) in [6, 6.07) is 4.35. The van der Waals surface area contributed by atoms with Gasteiger partial charge in [0, 0.05) is 6.54 Å². The molecule has 0 aliphatic rings. The largest absolute Gasteiger partial charge is 0.389 e. The van der Waals surface area contributed by atoms with Crippen LogP contribution in [0, 0.1) is 5.82 Å². The fraction of sp³-hybridized carbons (Fsp3) is 0.400. The maximum Gasteiger partial charge on any atom is 0.141 e. The SMILES string of the molecule is NC[C@@H](O)COCc1ccc(F)c(Cl)c1. The number of hydrogen-bond acceptors (Lipinski definition) is 3. The van der Waals surface area contributed by atoms with Crippen molar-refractivity contribution in [3.63, 3.8) is 0 Å². The van der Waals surface area contributed by atoms with Crippen LogP contribution < -0.4 is 5.73 Å². The highest BCUT2D eigenvalue weighted by Gasteiger charge is 2.03. The molecule has 5 heteroatoms. The van der Waals surface area contributed by atoms with E-state index in [2.05, 4.69) is 0 Å². The molecule has 1 rings (SSSR count). The Kier molecular flexibility index (Phi) is 4.98. The van der Waals surface area contributed by atoms with Gasteiger partial charge in [-0.15, -0.1) is 0 Å². The molecule has 1 aromatic rings. The van der Waals surface area contributed by atoms with Gasteiger partial charge in [0.25, 0.3) is 0 Å². The zero-order chi connectivity index (χ0) is 11.3. The first kappa shape index (κ1) is 12.4. The van der Waals surface area contributed by atoms with Crippen LogP contribution in [0.1, 0.15) is 5.56 Å². The van der Waals surface area contributed by atoms with Gasteiger partial charge in [0.15, 0.2) is 0 Å². The Hall–Kier alpha value is -0.680. The highest BCUT2D eigenvalue weighted by Crippen LogP contribution is 2.16. The second-order valence-corrected chi connectivity index (χ2v) is 3.56. The zero-order valence-electron chi connectivity index (χ0n) is 8.12. The number of benzene rings is 1. The standard InChI is InChI=1S/C10H13ClFNO2/c11-9-3-7(1-2-10(9)12)5-15-6-8(14)4-13/h1-3,8,14H,4-6,13H2/t8-/m1/s1. The van der Waals surface area contributed by atoms with Crippen molar-refractivity contribution in [2.45, 2.75) is 12.7 Å². The maximum absolute atomic E-state index is 12.8. The Morgan fingerprint density at radius 1 is 1.53 bits per heavy atom. The fourth-order valence-corrected chi connectivity index (χ4v) is 1.21. The first-order chi connectivity index (χ1) is 7.13. The summed E-state index contributed by atoms with van der Waals surface area (Å²) in [5.41, 5.74) is 5.95. The van der Waals surface area contributed by atoms with Crippen molar-refractivity contribution >= 4 is 11.6 Å². The second kappa shape index (κ2) is 6.02. The van der Waals surface area contributed by atoms with Crippen LogP contribution in [0.2, 0.25) is 5.02 Å². The predicted octanol–water partition coefficient (Wildman–Crippen LogP) is 1.32. The molecule has 1 atom stereocenters. The zero-order valence-corrected chi connectivity index (χ0v) is 8.88. The smallest absolute Gasteiger partial charge is 0.141 e. The third kappa shape index (κ3) is 4.13. The lowest BCUT2D eigenvalue weighted by Gasteiger charge is -2.08. The summed E-state index contributed by atoms with van der Waals surface area (Å²) in [7, 11) is 0. The van der Waals surface area contributed by atoms with E-state index in [1.165, 1.54) is 12.1 Å². The van der Waals surface area contributed by atoms with E-state index in [1.807, 2.05) is 0 Å². The molecule has 0 radical (unpaired) electrons. The molecule has 0 bridgehead atoms. The molecule has 84 valence electrons. The summed E-state index contributed by atoms with van der Waals surface area (Å²) in [4.78, 5) is 0. The van der Waals surface area contributed by atoms with Crippen molar-refractivity contribution in [1.82, 2.24) is 0 Å². The van der Waals surface area contributed by atoms with E-state index in [0.717, 1.165) is 5.56 Å². The number of aliphatic hydroxyl groups excluding tert-OH is 1. The van der Waals surface area contributed by atoms with Crippen molar-refractivity contribution in [3.8, 4) is 0 Å². The maximum atomic E-state index is 12.8. The molecule has 0 aromatic heterocycles. The summed E-state index contributed by atoms with van der Waals surface area (Å²) in [5.74, 6) is -0.456. The quantitative estimate of drug-likeness (QED) is 0.807. The van der Waals surface area contributed by atoms with E-state index in [9.17, 15) is 4.39 Å². The Labute approximate surface area is 92.6 Å². The van der Waals surface area contributed by atoms with E-state index < -0.39 is 11.9 Å². The van der Waals surface area contributed by atoms with Gasteiger partial charge < -0.3 is 15.6 Å². The minimum Gasteiger partial charge on any atom is -0.389 e. The molecule has 3 nitrogen and oxygen atoms in total. The molecule has 0 saturated carbocycles. The average Bonchev–Trinajstić information content (AvgIpc) is 2.23. The number of aliphatic hydroxyl groups is 1. The van der Waals surface area contributed by atoms with Gasteiger partial charge in [0.1, 0.15) is 5.82 Å². The highest BCUT2D eigenvalue weighted by atomic mass is 35.5. The Morgan fingerprint density at radius 3 is 2.87 bits per heavy atom. The third-order valence-electron chi connectivity index (χ3n) is 1.84. The van der Waals surface area contributed by atoms with E-state index >= 15 is 0 Å². The number of nitrogens with two attached hydrogens (primary N) is 1. The first-order valence-electron chi connectivity index (χ1n) is 4.53. The van der Waals surface area contributed by atoms with E-state index in [-0.39, 0.29) is 24.8 Å². The average molecular weight is 234 g/mol. The highest BCUT2D eigenvalue weighted by molar-refractivity contribution is 6.30. The topological polar surface area (TPSA) is 55.5 Å². The van der Waals surface area contributed by atoms with Gasteiger partial charge in [-0.3, -0.25) is 0 Å². The summed E-state index contributed by atoms with van der Waals surface area (Å²) in [6.45, 7) is 0.590. The van der Waals surface area contributed by atoms with Crippen LogP contribution in [-0.2, 0) is 11.3 Å². The summed E-state index contributed by atoms with van der Waals surface area (Å²) in [6.07, 6.45) is -0.666. The van der Waals surface area contributed by atoms with Gasteiger partial charge in [-0.1, -0.05) is 17.7 Å². The number of ether oxygens (including phenoxy) is 1. The monoisotopic (exact) mass is 233 g/mol. The molecule has 0 saturated heterocycles. The van der Waals surface area contributed by atoms with Gasteiger partial charge in [-0.2, -0.15) is 0 Å². The molecule has 0 fully saturated rings. The van der Waals surface area contributed by atoms with Gasteiger partial charge in [-0.25, -0.2) is 4.39 Å². The minimum atomic E-state index is -0.666. The van der Waals surface area contributed by atoms with Crippen molar-refractivity contribution in [2.24, 2.45) is 5.73 Å². The normalized spacial score (nSPS) is 12.8. The fourth-order valence-electron chi connectivity index (χ4n) is 1.01. The van der Waals surface area contributed by atoms with Gasteiger partial charge in [0.2, 0.25) is 0 Å². The van der Waals surface area contributed by atoms with Crippen molar-refractivity contribution in [2.75, 3.05) is 13.2 Å². The molecule has 15 heavy (non-hydrogen) atoms. The number of rotatable bonds is 5. The molecule has 0 spiro atoms. The van der Waals surface area contributed by atoms with Crippen LogP contribution in [0.25, 0.3) is 0 Å². The molecular weight excluding hydrogens is 221 g/mol. The molecule has 0 aliphatic carbocycles. The Bertz CT molecular complexity index is 322. The van der Waals surface area contributed by atoms with Gasteiger partial charge in [-0.05, 0) is 17.7 Å². The molecule has 3 N–H and O–H groups in total. The van der Waals surface area contributed by atoms with Crippen LogP contribution in [0.4, 0.5) is 4.39 Å². The Balaban J connectivity index is 2.41. The molecule has 1 aromatic carbocycles. The first-order valence-corrected chi connectivity index (χ1v) is 4.91. The van der Waals surface area contributed by atoms with E-state index in [4.69, 9.17) is 27.2 Å². The van der Waals surface area contributed by atoms with E-state index in [1.54, 1.807) is 6.07 Å². The summed E-state index contributed by atoms with van der Waals surface area (Å²) in [5, 5.41) is 9.16. The molecule has 0 amide bonds.